The number of hydrogen-bond acceptors (Lipinski definition) is 2. The van der Waals surface area contributed by atoms with E-state index in [0.717, 1.165) is 37.1 Å². The number of hydrogen-bond donors (Lipinski definition) is 1. The molecule has 1 N–H and O–H groups in total. The van der Waals surface area contributed by atoms with Crippen LogP contribution >= 0.6 is 0 Å². The second-order valence-corrected chi connectivity index (χ2v) is 4.89. The molecular formula is C15H23N3. The van der Waals surface area contributed by atoms with Gasteiger partial charge in [0.05, 0.1) is 5.69 Å². The van der Waals surface area contributed by atoms with Crippen molar-refractivity contribution < 1.29 is 0 Å². The molecule has 0 bridgehead atoms. The molecule has 2 aromatic rings. The van der Waals surface area contributed by atoms with Crippen LogP contribution in [-0.2, 0) is 6.54 Å². The molecule has 0 aromatic carbocycles. The molecule has 3 heteroatoms. The maximum Gasteiger partial charge on any atom is 0.137 e. The fraction of sp³-hybridized carbons (Fsp3) is 0.533. The van der Waals surface area contributed by atoms with Gasteiger partial charge >= 0.3 is 0 Å². The Balaban J connectivity index is 2.09. The molecule has 0 aliphatic rings. The van der Waals surface area contributed by atoms with E-state index in [1.54, 1.807) is 0 Å². The SMILES string of the molecule is CCC(CC)(CC)NCc1cn2ccccc2n1. The summed E-state index contributed by atoms with van der Waals surface area (Å²) >= 11 is 0. The molecule has 0 saturated heterocycles. The molecule has 3 nitrogen and oxygen atoms in total. The van der Waals surface area contributed by atoms with Gasteiger partial charge < -0.3 is 9.72 Å². The zero-order chi connectivity index (χ0) is 13.0. The first-order chi connectivity index (χ1) is 8.73. The average molecular weight is 245 g/mol. The molecule has 0 aliphatic heterocycles. The van der Waals surface area contributed by atoms with E-state index >= 15 is 0 Å². The summed E-state index contributed by atoms with van der Waals surface area (Å²) in [5.41, 5.74) is 2.39. The molecule has 0 fully saturated rings. The smallest absolute Gasteiger partial charge is 0.137 e. The van der Waals surface area contributed by atoms with E-state index in [0.29, 0.717) is 0 Å². The van der Waals surface area contributed by atoms with Gasteiger partial charge in [-0.1, -0.05) is 26.8 Å². The maximum atomic E-state index is 4.62. The quantitative estimate of drug-likeness (QED) is 0.845. The van der Waals surface area contributed by atoms with E-state index in [4.69, 9.17) is 0 Å². The van der Waals surface area contributed by atoms with Crippen molar-refractivity contribution >= 4 is 5.65 Å². The molecule has 2 rings (SSSR count). The number of nitrogens with one attached hydrogen (secondary N) is 1. The largest absolute Gasteiger partial charge is 0.307 e. The third kappa shape index (κ3) is 2.56. The van der Waals surface area contributed by atoms with Gasteiger partial charge in [0, 0.05) is 24.5 Å². The van der Waals surface area contributed by atoms with E-state index in [2.05, 4.69) is 41.7 Å². The maximum absolute atomic E-state index is 4.62. The first-order valence-electron chi connectivity index (χ1n) is 6.90. The zero-order valence-corrected chi connectivity index (χ0v) is 11.6. The van der Waals surface area contributed by atoms with Crippen molar-refractivity contribution in [2.45, 2.75) is 52.1 Å². The van der Waals surface area contributed by atoms with Crippen LogP contribution in [0.1, 0.15) is 45.7 Å². The van der Waals surface area contributed by atoms with Gasteiger partial charge in [-0.3, -0.25) is 0 Å². The summed E-state index contributed by atoms with van der Waals surface area (Å²) in [6, 6.07) is 6.09. The van der Waals surface area contributed by atoms with E-state index in [1.165, 1.54) is 0 Å². The highest BCUT2D eigenvalue weighted by Crippen LogP contribution is 2.19. The fourth-order valence-electron chi connectivity index (χ4n) is 2.48. The lowest BCUT2D eigenvalue weighted by Gasteiger charge is -2.31. The van der Waals surface area contributed by atoms with Crippen LogP contribution in [0.2, 0.25) is 0 Å². The molecule has 0 amide bonds. The third-order valence-corrected chi connectivity index (χ3v) is 4.09. The lowest BCUT2D eigenvalue weighted by molar-refractivity contribution is 0.287. The van der Waals surface area contributed by atoms with Gasteiger partial charge in [0.15, 0.2) is 0 Å². The van der Waals surface area contributed by atoms with Crippen molar-refractivity contribution in [3.05, 3.63) is 36.3 Å². The van der Waals surface area contributed by atoms with Crippen molar-refractivity contribution in [2.24, 2.45) is 0 Å². The highest BCUT2D eigenvalue weighted by Gasteiger charge is 2.22. The monoisotopic (exact) mass is 245 g/mol. The Morgan fingerprint density at radius 3 is 2.50 bits per heavy atom. The summed E-state index contributed by atoms with van der Waals surface area (Å²) in [5, 5.41) is 3.68. The Morgan fingerprint density at radius 2 is 1.89 bits per heavy atom. The van der Waals surface area contributed by atoms with Crippen LogP contribution in [0.15, 0.2) is 30.6 Å². The Morgan fingerprint density at radius 1 is 1.17 bits per heavy atom. The minimum Gasteiger partial charge on any atom is -0.307 e. The van der Waals surface area contributed by atoms with Gasteiger partial charge in [-0.05, 0) is 31.4 Å². The highest BCUT2D eigenvalue weighted by atomic mass is 15.0. The first-order valence-corrected chi connectivity index (χ1v) is 6.90. The molecule has 0 saturated carbocycles. The molecule has 0 aliphatic carbocycles. The Bertz CT molecular complexity index is 456. The van der Waals surface area contributed by atoms with Crippen LogP contribution in [0.5, 0.6) is 0 Å². The Hall–Kier alpha value is -1.35. The summed E-state index contributed by atoms with van der Waals surface area (Å²) < 4.78 is 2.07. The summed E-state index contributed by atoms with van der Waals surface area (Å²) in [6.07, 6.45) is 7.63. The second-order valence-electron chi connectivity index (χ2n) is 4.89. The molecule has 98 valence electrons. The average Bonchev–Trinajstić information content (AvgIpc) is 2.84. The number of nitrogens with zero attached hydrogens (tertiary/aromatic N) is 2. The Kier molecular flexibility index (Phi) is 4.02. The van der Waals surface area contributed by atoms with E-state index in [1.807, 2.05) is 24.4 Å². The van der Waals surface area contributed by atoms with Crippen LogP contribution in [0, 0.1) is 0 Å². The van der Waals surface area contributed by atoms with Crippen LogP contribution < -0.4 is 5.32 Å². The molecule has 2 heterocycles. The van der Waals surface area contributed by atoms with Gasteiger partial charge in [0.25, 0.3) is 0 Å². The van der Waals surface area contributed by atoms with Crippen molar-refractivity contribution in [1.29, 1.82) is 0 Å². The third-order valence-electron chi connectivity index (χ3n) is 4.09. The van der Waals surface area contributed by atoms with Crippen LogP contribution in [0.3, 0.4) is 0 Å². The fourth-order valence-corrected chi connectivity index (χ4v) is 2.48. The summed E-state index contributed by atoms with van der Waals surface area (Å²) in [6.45, 7) is 7.61. The molecule has 18 heavy (non-hydrogen) atoms. The normalized spacial score (nSPS) is 12.2. The minimum absolute atomic E-state index is 0.260. The predicted octanol–water partition coefficient (Wildman–Crippen LogP) is 3.39. The lowest BCUT2D eigenvalue weighted by Crippen LogP contribution is -2.43. The second kappa shape index (κ2) is 5.53. The van der Waals surface area contributed by atoms with Crippen LogP contribution in [0.25, 0.3) is 5.65 Å². The first kappa shape index (κ1) is 13.1. The number of aromatic nitrogens is 2. The van der Waals surface area contributed by atoms with Gasteiger partial charge in [0.2, 0.25) is 0 Å². The summed E-state index contributed by atoms with van der Waals surface area (Å²) in [7, 11) is 0. The molecule has 0 radical (unpaired) electrons. The topological polar surface area (TPSA) is 29.3 Å². The van der Waals surface area contributed by atoms with Gasteiger partial charge in [-0.2, -0.15) is 0 Å². The van der Waals surface area contributed by atoms with E-state index in [9.17, 15) is 0 Å². The van der Waals surface area contributed by atoms with Gasteiger partial charge in [-0.15, -0.1) is 0 Å². The van der Waals surface area contributed by atoms with Crippen molar-refractivity contribution in [2.75, 3.05) is 0 Å². The Labute approximate surface area is 109 Å². The summed E-state index contributed by atoms with van der Waals surface area (Å²) in [4.78, 5) is 4.62. The summed E-state index contributed by atoms with van der Waals surface area (Å²) in [5.74, 6) is 0. The van der Waals surface area contributed by atoms with Gasteiger partial charge in [0.1, 0.15) is 5.65 Å². The van der Waals surface area contributed by atoms with Crippen LogP contribution in [0.4, 0.5) is 0 Å². The van der Waals surface area contributed by atoms with Crippen molar-refractivity contribution in [3.8, 4) is 0 Å². The van der Waals surface area contributed by atoms with Gasteiger partial charge in [-0.25, -0.2) is 4.98 Å². The van der Waals surface area contributed by atoms with Crippen molar-refractivity contribution in [3.63, 3.8) is 0 Å². The van der Waals surface area contributed by atoms with Crippen molar-refractivity contribution in [1.82, 2.24) is 14.7 Å². The number of pyridine rings is 1. The van der Waals surface area contributed by atoms with E-state index < -0.39 is 0 Å². The standard InChI is InChI=1S/C15H23N3/c1-4-15(5-2,6-3)16-11-13-12-18-10-8-7-9-14(18)17-13/h7-10,12,16H,4-6,11H2,1-3H3. The number of rotatable bonds is 6. The molecule has 0 spiro atoms. The number of imidazole rings is 1. The molecule has 2 aromatic heterocycles. The number of fused-ring (bicyclic) bond motifs is 1. The lowest BCUT2D eigenvalue weighted by atomic mass is 9.90. The van der Waals surface area contributed by atoms with Crippen LogP contribution in [-0.4, -0.2) is 14.9 Å². The minimum atomic E-state index is 0.260. The predicted molar refractivity (Wildman–Crippen MR) is 75.6 cm³/mol. The molecule has 0 unspecified atom stereocenters. The highest BCUT2D eigenvalue weighted by molar-refractivity contribution is 5.39. The van der Waals surface area contributed by atoms with E-state index in [-0.39, 0.29) is 5.54 Å². The molecule has 0 atom stereocenters. The molecular weight excluding hydrogens is 222 g/mol. The zero-order valence-electron chi connectivity index (χ0n) is 11.6.